The summed E-state index contributed by atoms with van der Waals surface area (Å²) in [6.45, 7) is 1.95. The third kappa shape index (κ3) is 2.86. The van der Waals surface area contributed by atoms with Crippen LogP contribution in [0.4, 0.5) is 0 Å². The van der Waals surface area contributed by atoms with E-state index in [9.17, 15) is 4.79 Å². The zero-order chi connectivity index (χ0) is 17.0. The molecule has 4 aliphatic carbocycles. The van der Waals surface area contributed by atoms with Crippen LogP contribution >= 0.6 is 11.8 Å². The van der Waals surface area contributed by atoms with Gasteiger partial charge in [0, 0.05) is 5.54 Å². The van der Waals surface area contributed by atoms with Crippen LogP contribution in [-0.2, 0) is 4.79 Å². The Balaban J connectivity index is 1.27. The lowest BCUT2D eigenvalue weighted by Gasteiger charge is -2.57. The van der Waals surface area contributed by atoms with Crippen molar-refractivity contribution in [2.45, 2.75) is 61.5 Å². The summed E-state index contributed by atoms with van der Waals surface area (Å²) in [7, 11) is 0. The summed E-state index contributed by atoms with van der Waals surface area (Å²) in [4.78, 5) is 17.3. The molecule has 4 aliphatic rings. The molecule has 0 radical (unpaired) electrons. The molecule has 1 atom stereocenters. The van der Waals surface area contributed by atoms with Gasteiger partial charge in [0.2, 0.25) is 5.91 Å². The second kappa shape index (κ2) is 5.76. The largest absolute Gasteiger partial charge is 0.431 e. The van der Waals surface area contributed by atoms with Gasteiger partial charge in [0.15, 0.2) is 5.58 Å². The second-order valence-electron chi connectivity index (χ2n) is 8.39. The monoisotopic (exact) mass is 356 g/mol. The minimum absolute atomic E-state index is 0.0714. The number of carbonyl (C=O) groups is 1. The average Bonchev–Trinajstić information content (AvgIpc) is 2.95. The van der Waals surface area contributed by atoms with Gasteiger partial charge in [0.1, 0.15) is 5.52 Å². The maximum atomic E-state index is 12.8. The van der Waals surface area contributed by atoms with Gasteiger partial charge < -0.3 is 9.73 Å². The normalized spacial score (nSPS) is 34.4. The number of nitrogens with zero attached hydrogens (tertiary/aromatic N) is 1. The zero-order valence-electron chi connectivity index (χ0n) is 14.5. The van der Waals surface area contributed by atoms with Gasteiger partial charge in [0.25, 0.3) is 5.22 Å². The van der Waals surface area contributed by atoms with Crippen LogP contribution in [0.3, 0.4) is 0 Å². The molecule has 1 heterocycles. The third-order valence-electron chi connectivity index (χ3n) is 6.35. The van der Waals surface area contributed by atoms with Crippen LogP contribution in [0.5, 0.6) is 0 Å². The maximum Gasteiger partial charge on any atom is 0.257 e. The van der Waals surface area contributed by atoms with E-state index >= 15 is 0 Å². The van der Waals surface area contributed by atoms with Crippen molar-refractivity contribution in [1.82, 2.24) is 10.3 Å². The maximum absolute atomic E-state index is 12.8. The van der Waals surface area contributed by atoms with Crippen molar-refractivity contribution < 1.29 is 9.21 Å². The number of hydrogen-bond donors (Lipinski definition) is 1. The molecule has 6 rings (SSSR count). The van der Waals surface area contributed by atoms with Crippen LogP contribution < -0.4 is 5.32 Å². The Hall–Kier alpha value is -1.49. The Labute approximate surface area is 152 Å². The summed E-state index contributed by atoms with van der Waals surface area (Å²) in [5, 5.41) is 3.83. The molecule has 0 unspecified atom stereocenters. The molecule has 0 saturated heterocycles. The van der Waals surface area contributed by atoms with Crippen LogP contribution in [0.25, 0.3) is 11.1 Å². The quantitative estimate of drug-likeness (QED) is 0.825. The van der Waals surface area contributed by atoms with E-state index in [1.54, 1.807) is 0 Å². The molecular formula is C20H24N2O2S. The number of fused-ring (bicyclic) bond motifs is 1. The number of amides is 1. The number of oxazole rings is 1. The van der Waals surface area contributed by atoms with Crippen molar-refractivity contribution in [3.05, 3.63) is 24.3 Å². The minimum Gasteiger partial charge on any atom is -0.431 e. The van der Waals surface area contributed by atoms with E-state index in [0.717, 1.165) is 28.9 Å². The van der Waals surface area contributed by atoms with Gasteiger partial charge in [-0.1, -0.05) is 23.9 Å². The molecule has 4 fully saturated rings. The molecule has 4 saturated carbocycles. The molecule has 25 heavy (non-hydrogen) atoms. The Morgan fingerprint density at radius 2 is 1.84 bits per heavy atom. The Kier molecular flexibility index (Phi) is 3.63. The van der Waals surface area contributed by atoms with E-state index in [0.29, 0.717) is 5.22 Å². The number of carbonyl (C=O) groups excluding carboxylic acids is 1. The molecule has 1 aromatic heterocycles. The number of benzene rings is 1. The first-order valence-electron chi connectivity index (χ1n) is 9.43. The van der Waals surface area contributed by atoms with Crippen molar-refractivity contribution in [3.63, 3.8) is 0 Å². The van der Waals surface area contributed by atoms with E-state index in [2.05, 4.69) is 10.3 Å². The first kappa shape index (κ1) is 15.7. The number of para-hydroxylation sites is 2. The Morgan fingerprint density at radius 1 is 1.20 bits per heavy atom. The SMILES string of the molecule is C[C@@H](Sc1nc2ccccc2o1)C(=O)NC12CC3CC(CC(C3)C1)C2. The van der Waals surface area contributed by atoms with E-state index in [-0.39, 0.29) is 16.7 Å². The minimum atomic E-state index is -0.193. The van der Waals surface area contributed by atoms with Crippen molar-refractivity contribution in [2.75, 3.05) is 0 Å². The van der Waals surface area contributed by atoms with Crippen LogP contribution in [0.1, 0.15) is 45.4 Å². The molecule has 0 spiro atoms. The van der Waals surface area contributed by atoms with Crippen LogP contribution in [0.2, 0.25) is 0 Å². The summed E-state index contributed by atoms with van der Waals surface area (Å²) in [5.74, 6) is 2.65. The lowest BCUT2D eigenvalue weighted by molar-refractivity contribution is -0.126. The van der Waals surface area contributed by atoms with Gasteiger partial charge in [-0.15, -0.1) is 0 Å². The highest BCUT2D eigenvalue weighted by atomic mass is 32.2. The predicted molar refractivity (Wildman–Crippen MR) is 98.4 cm³/mol. The molecule has 1 amide bonds. The summed E-state index contributed by atoms with van der Waals surface area (Å²) >= 11 is 1.42. The number of nitrogens with one attached hydrogen (secondary N) is 1. The Bertz CT molecular complexity index is 747. The van der Waals surface area contributed by atoms with Gasteiger partial charge in [-0.25, -0.2) is 4.98 Å². The van der Waals surface area contributed by atoms with Crippen molar-refractivity contribution in [2.24, 2.45) is 17.8 Å². The van der Waals surface area contributed by atoms with Crippen molar-refractivity contribution in [1.29, 1.82) is 0 Å². The average molecular weight is 356 g/mol. The highest BCUT2D eigenvalue weighted by Crippen LogP contribution is 2.55. The first-order chi connectivity index (χ1) is 12.1. The van der Waals surface area contributed by atoms with Gasteiger partial charge in [0.05, 0.1) is 5.25 Å². The highest BCUT2D eigenvalue weighted by molar-refractivity contribution is 8.00. The number of hydrogen-bond acceptors (Lipinski definition) is 4. The lowest BCUT2D eigenvalue weighted by atomic mass is 9.53. The number of aromatic nitrogens is 1. The third-order valence-corrected chi connectivity index (χ3v) is 7.29. The fourth-order valence-corrected chi connectivity index (χ4v) is 6.49. The van der Waals surface area contributed by atoms with E-state index in [1.165, 1.54) is 50.3 Å². The summed E-state index contributed by atoms with van der Waals surface area (Å²) in [6.07, 6.45) is 7.73. The lowest BCUT2D eigenvalue weighted by Crippen LogP contribution is -2.60. The van der Waals surface area contributed by atoms with Gasteiger partial charge in [-0.3, -0.25) is 4.79 Å². The molecule has 0 aliphatic heterocycles. The summed E-state index contributed by atoms with van der Waals surface area (Å²) < 4.78 is 5.75. The number of thioether (sulfide) groups is 1. The van der Waals surface area contributed by atoms with E-state index < -0.39 is 0 Å². The van der Waals surface area contributed by atoms with Crippen molar-refractivity contribution >= 4 is 28.8 Å². The van der Waals surface area contributed by atoms with E-state index in [4.69, 9.17) is 4.42 Å². The molecule has 1 N–H and O–H groups in total. The molecule has 5 heteroatoms. The standard InChI is InChI=1S/C20H24N2O2S/c1-12(25-19-21-16-4-2-3-5-17(16)24-19)18(23)22-20-9-13-6-14(10-20)8-15(7-13)11-20/h2-5,12-15H,6-11H2,1H3,(H,22,23)/t12-,13?,14?,15?,20?/m1/s1. The summed E-state index contributed by atoms with van der Waals surface area (Å²) in [6, 6.07) is 7.73. The van der Waals surface area contributed by atoms with Crippen LogP contribution in [0, 0.1) is 17.8 Å². The smallest absolute Gasteiger partial charge is 0.257 e. The van der Waals surface area contributed by atoms with E-state index in [1.807, 2.05) is 31.2 Å². The first-order valence-corrected chi connectivity index (χ1v) is 10.3. The van der Waals surface area contributed by atoms with Crippen LogP contribution in [-0.4, -0.2) is 21.7 Å². The molecule has 4 bridgehead atoms. The van der Waals surface area contributed by atoms with Gasteiger partial charge in [-0.2, -0.15) is 0 Å². The molecule has 2 aromatic rings. The highest BCUT2D eigenvalue weighted by Gasteiger charge is 2.51. The second-order valence-corrected chi connectivity index (χ2v) is 9.69. The Morgan fingerprint density at radius 3 is 2.48 bits per heavy atom. The fourth-order valence-electron chi connectivity index (χ4n) is 5.73. The molecular weight excluding hydrogens is 332 g/mol. The predicted octanol–water partition coefficient (Wildman–Crippen LogP) is 4.39. The number of rotatable bonds is 4. The topological polar surface area (TPSA) is 55.1 Å². The molecule has 4 nitrogen and oxygen atoms in total. The van der Waals surface area contributed by atoms with Crippen molar-refractivity contribution in [3.8, 4) is 0 Å². The summed E-state index contributed by atoms with van der Waals surface area (Å²) in [5.41, 5.74) is 1.69. The fraction of sp³-hybridized carbons (Fsp3) is 0.600. The van der Waals surface area contributed by atoms with Gasteiger partial charge >= 0.3 is 0 Å². The van der Waals surface area contributed by atoms with Gasteiger partial charge in [-0.05, 0) is 75.3 Å². The zero-order valence-corrected chi connectivity index (χ0v) is 15.3. The van der Waals surface area contributed by atoms with Crippen LogP contribution in [0.15, 0.2) is 33.9 Å². The molecule has 1 aromatic carbocycles. The molecule has 132 valence electrons.